The Morgan fingerprint density at radius 2 is 1.85 bits per heavy atom. The van der Waals surface area contributed by atoms with Crippen LogP contribution >= 0.6 is 0 Å². The van der Waals surface area contributed by atoms with Crippen molar-refractivity contribution in [2.75, 3.05) is 13.1 Å². The molecule has 0 aliphatic rings. The number of aromatic nitrogens is 2. The van der Waals surface area contributed by atoms with Crippen molar-refractivity contribution in [3.05, 3.63) is 40.9 Å². The molecule has 1 aromatic heterocycles. The third kappa shape index (κ3) is 5.05. The van der Waals surface area contributed by atoms with Crippen LogP contribution in [0.4, 0.5) is 4.79 Å². The third-order valence-electron chi connectivity index (χ3n) is 3.58. The number of hydrogen-bond donors (Lipinski definition) is 2. The summed E-state index contributed by atoms with van der Waals surface area (Å²) in [5.74, 6) is -0.338. The first-order valence-corrected chi connectivity index (χ1v) is 8.39. The first kappa shape index (κ1) is 19.4. The van der Waals surface area contributed by atoms with Crippen LogP contribution in [0.5, 0.6) is 0 Å². The molecule has 140 valence electrons. The SMILES string of the molecule is C[C@@H](C(=O)NCCNC(=O)OC(C)(C)C)n1cnc2ccccc2c1=O. The molecule has 2 aromatic rings. The lowest BCUT2D eigenvalue weighted by Crippen LogP contribution is -2.41. The van der Waals surface area contributed by atoms with E-state index in [9.17, 15) is 14.4 Å². The molecule has 0 aliphatic carbocycles. The van der Waals surface area contributed by atoms with Gasteiger partial charge in [0, 0.05) is 13.1 Å². The van der Waals surface area contributed by atoms with Crippen LogP contribution in [0.1, 0.15) is 33.7 Å². The second kappa shape index (κ2) is 7.99. The predicted octanol–water partition coefficient (Wildman–Crippen LogP) is 1.60. The van der Waals surface area contributed by atoms with Crippen molar-refractivity contribution in [2.24, 2.45) is 0 Å². The first-order valence-electron chi connectivity index (χ1n) is 8.39. The minimum atomic E-state index is -0.721. The number of rotatable bonds is 5. The molecule has 0 fully saturated rings. The molecular formula is C18H24N4O4. The fourth-order valence-corrected chi connectivity index (χ4v) is 2.30. The third-order valence-corrected chi connectivity index (χ3v) is 3.58. The van der Waals surface area contributed by atoms with Gasteiger partial charge in [0.2, 0.25) is 5.91 Å². The Kier molecular flexibility index (Phi) is 5.97. The topological polar surface area (TPSA) is 102 Å². The molecule has 2 amide bonds. The summed E-state index contributed by atoms with van der Waals surface area (Å²) in [4.78, 5) is 40.5. The zero-order chi connectivity index (χ0) is 19.3. The van der Waals surface area contributed by atoms with E-state index in [-0.39, 0.29) is 24.6 Å². The maximum absolute atomic E-state index is 12.5. The highest BCUT2D eigenvalue weighted by molar-refractivity contribution is 5.81. The van der Waals surface area contributed by atoms with Gasteiger partial charge in [0.25, 0.3) is 5.56 Å². The van der Waals surface area contributed by atoms with Gasteiger partial charge in [-0.1, -0.05) is 12.1 Å². The average Bonchev–Trinajstić information content (AvgIpc) is 2.57. The van der Waals surface area contributed by atoms with Crippen LogP contribution in [0.2, 0.25) is 0 Å². The largest absolute Gasteiger partial charge is 0.444 e. The summed E-state index contributed by atoms with van der Waals surface area (Å²) in [6, 6.07) is 6.25. The standard InChI is InChI=1S/C18H24N4O4/c1-12(15(23)19-9-10-20-17(25)26-18(2,3)4)22-11-21-14-8-6-5-7-13(14)16(22)24/h5-8,11-12H,9-10H2,1-4H3,(H,19,23)(H,20,25)/t12-/m0/s1. The quantitative estimate of drug-likeness (QED) is 0.789. The van der Waals surface area contributed by atoms with Gasteiger partial charge in [0.05, 0.1) is 17.2 Å². The Hall–Kier alpha value is -2.90. The van der Waals surface area contributed by atoms with Gasteiger partial charge in [-0.05, 0) is 39.8 Å². The number of ether oxygens (including phenoxy) is 1. The Labute approximate surface area is 151 Å². The molecule has 0 spiro atoms. The van der Waals surface area contributed by atoms with Gasteiger partial charge in [-0.2, -0.15) is 0 Å². The fraction of sp³-hybridized carbons (Fsp3) is 0.444. The lowest BCUT2D eigenvalue weighted by Gasteiger charge is -2.20. The second-order valence-electron chi connectivity index (χ2n) is 6.87. The summed E-state index contributed by atoms with van der Waals surface area (Å²) >= 11 is 0. The molecule has 1 heterocycles. The normalized spacial score (nSPS) is 12.5. The van der Waals surface area contributed by atoms with Gasteiger partial charge in [0.15, 0.2) is 0 Å². The van der Waals surface area contributed by atoms with E-state index in [0.717, 1.165) is 0 Å². The molecule has 1 aromatic carbocycles. The van der Waals surface area contributed by atoms with E-state index in [2.05, 4.69) is 15.6 Å². The molecule has 0 saturated heterocycles. The molecule has 2 N–H and O–H groups in total. The van der Waals surface area contributed by atoms with Gasteiger partial charge in [-0.15, -0.1) is 0 Å². The van der Waals surface area contributed by atoms with Gasteiger partial charge >= 0.3 is 6.09 Å². The minimum absolute atomic E-state index is 0.220. The average molecular weight is 360 g/mol. The molecule has 26 heavy (non-hydrogen) atoms. The maximum atomic E-state index is 12.5. The van der Waals surface area contributed by atoms with Crippen molar-refractivity contribution in [1.82, 2.24) is 20.2 Å². The summed E-state index contributed by atoms with van der Waals surface area (Å²) in [6.45, 7) is 7.37. The van der Waals surface area contributed by atoms with E-state index < -0.39 is 17.7 Å². The van der Waals surface area contributed by atoms with Crippen molar-refractivity contribution in [3.63, 3.8) is 0 Å². The highest BCUT2D eigenvalue weighted by atomic mass is 16.6. The first-order chi connectivity index (χ1) is 12.2. The maximum Gasteiger partial charge on any atom is 0.407 e. The molecule has 8 heteroatoms. The lowest BCUT2D eigenvalue weighted by atomic mass is 10.2. The van der Waals surface area contributed by atoms with Gasteiger partial charge in [-0.3, -0.25) is 14.2 Å². The van der Waals surface area contributed by atoms with Crippen LogP contribution in [0.3, 0.4) is 0 Å². The number of fused-ring (bicyclic) bond motifs is 1. The van der Waals surface area contributed by atoms with E-state index in [1.54, 1.807) is 52.0 Å². The van der Waals surface area contributed by atoms with Gasteiger partial charge in [-0.25, -0.2) is 9.78 Å². The smallest absolute Gasteiger partial charge is 0.407 e. The van der Waals surface area contributed by atoms with E-state index in [1.165, 1.54) is 10.9 Å². The van der Waals surface area contributed by atoms with E-state index >= 15 is 0 Å². The summed E-state index contributed by atoms with van der Waals surface area (Å²) < 4.78 is 6.39. The van der Waals surface area contributed by atoms with Gasteiger partial charge < -0.3 is 15.4 Å². The molecule has 0 bridgehead atoms. The number of nitrogens with zero attached hydrogens (tertiary/aromatic N) is 2. The molecule has 0 radical (unpaired) electrons. The zero-order valence-electron chi connectivity index (χ0n) is 15.4. The Morgan fingerprint density at radius 3 is 2.54 bits per heavy atom. The Balaban J connectivity index is 1.91. The van der Waals surface area contributed by atoms with Crippen molar-refractivity contribution in [3.8, 4) is 0 Å². The van der Waals surface area contributed by atoms with Crippen LogP contribution in [0.25, 0.3) is 10.9 Å². The molecule has 0 saturated carbocycles. The van der Waals surface area contributed by atoms with Crippen molar-refractivity contribution in [2.45, 2.75) is 39.3 Å². The lowest BCUT2D eigenvalue weighted by molar-refractivity contribution is -0.123. The number of alkyl carbamates (subject to hydrolysis) is 1. The zero-order valence-corrected chi connectivity index (χ0v) is 15.4. The van der Waals surface area contributed by atoms with E-state index in [1.807, 2.05) is 0 Å². The fourth-order valence-electron chi connectivity index (χ4n) is 2.30. The number of nitrogens with one attached hydrogen (secondary N) is 2. The predicted molar refractivity (Wildman–Crippen MR) is 98.0 cm³/mol. The molecule has 2 rings (SSSR count). The molecule has 8 nitrogen and oxygen atoms in total. The number of amides is 2. The molecule has 1 atom stereocenters. The summed E-state index contributed by atoms with van der Waals surface area (Å²) in [5.41, 5.74) is -0.264. The minimum Gasteiger partial charge on any atom is -0.444 e. The monoisotopic (exact) mass is 360 g/mol. The van der Waals surface area contributed by atoms with E-state index in [0.29, 0.717) is 10.9 Å². The number of benzene rings is 1. The highest BCUT2D eigenvalue weighted by Crippen LogP contribution is 2.08. The van der Waals surface area contributed by atoms with Crippen LogP contribution in [0, 0.1) is 0 Å². The van der Waals surface area contributed by atoms with Gasteiger partial charge in [0.1, 0.15) is 11.6 Å². The van der Waals surface area contributed by atoms with Crippen molar-refractivity contribution >= 4 is 22.9 Å². The van der Waals surface area contributed by atoms with Crippen molar-refractivity contribution < 1.29 is 14.3 Å². The number of carbonyl (C=O) groups excluding carboxylic acids is 2. The van der Waals surface area contributed by atoms with Crippen LogP contribution in [-0.2, 0) is 9.53 Å². The van der Waals surface area contributed by atoms with Crippen LogP contribution < -0.4 is 16.2 Å². The Bertz CT molecular complexity index is 854. The van der Waals surface area contributed by atoms with Crippen molar-refractivity contribution in [1.29, 1.82) is 0 Å². The highest BCUT2D eigenvalue weighted by Gasteiger charge is 2.18. The number of carbonyl (C=O) groups is 2. The summed E-state index contributed by atoms with van der Waals surface area (Å²) in [6.07, 6.45) is 0.822. The summed E-state index contributed by atoms with van der Waals surface area (Å²) in [7, 11) is 0. The molecule has 0 unspecified atom stereocenters. The second-order valence-corrected chi connectivity index (χ2v) is 6.87. The Morgan fingerprint density at radius 1 is 1.19 bits per heavy atom. The molecule has 0 aliphatic heterocycles. The van der Waals surface area contributed by atoms with E-state index in [4.69, 9.17) is 4.74 Å². The van der Waals surface area contributed by atoms with Crippen LogP contribution in [0.15, 0.2) is 35.4 Å². The number of hydrogen-bond acceptors (Lipinski definition) is 5. The molecular weight excluding hydrogens is 336 g/mol. The number of para-hydroxylation sites is 1. The summed E-state index contributed by atoms with van der Waals surface area (Å²) in [5, 5.41) is 5.69. The van der Waals surface area contributed by atoms with Crippen LogP contribution in [-0.4, -0.2) is 40.2 Å².